The number of amides is 1. The highest BCUT2D eigenvalue weighted by Crippen LogP contribution is 2.14. The molecule has 3 rings (SSSR count). The first-order chi connectivity index (χ1) is 10.6. The first-order valence-corrected chi connectivity index (χ1v) is 7.05. The van der Waals surface area contributed by atoms with E-state index in [0.717, 1.165) is 16.9 Å². The van der Waals surface area contributed by atoms with Gasteiger partial charge in [-0.05, 0) is 23.8 Å². The predicted octanol–water partition coefficient (Wildman–Crippen LogP) is 2.57. The third-order valence-electron chi connectivity index (χ3n) is 3.63. The molecule has 0 bridgehead atoms. The van der Waals surface area contributed by atoms with Crippen LogP contribution in [0.3, 0.4) is 0 Å². The van der Waals surface area contributed by atoms with Gasteiger partial charge in [-0.15, -0.1) is 0 Å². The third kappa shape index (κ3) is 2.83. The molecule has 0 saturated heterocycles. The standard InChI is InChI=1S/C17H16FN3O/c1-21-15-9-5-4-8-14(15)20-16(21)11-19-17(22)10-12-6-2-3-7-13(12)18/h2-9H,10-11H2,1H3,(H,19,22). The number of benzene rings is 2. The average molecular weight is 297 g/mol. The Labute approximate surface area is 127 Å². The molecule has 1 amide bonds. The molecule has 4 nitrogen and oxygen atoms in total. The number of para-hydroxylation sites is 2. The Balaban J connectivity index is 1.68. The molecule has 0 radical (unpaired) electrons. The average Bonchev–Trinajstić information content (AvgIpc) is 2.84. The number of imidazole rings is 1. The van der Waals surface area contributed by atoms with Gasteiger partial charge in [-0.3, -0.25) is 4.79 Å². The lowest BCUT2D eigenvalue weighted by Crippen LogP contribution is -2.26. The highest BCUT2D eigenvalue weighted by atomic mass is 19.1. The summed E-state index contributed by atoms with van der Waals surface area (Å²) in [5.41, 5.74) is 2.30. The van der Waals surface area contributed by atoms with Crippen molar-refractivity contribution in [2.75, 3.05) is 0 Å². The molecule has 0 fully saturated rings. The molecular weight excluding hydrogens is 281 g/mol. The lowest BCUT2D eigenvalue weighted by Gasteiger charge is -2.06. The van der Waals surface area contributed by atoms with E-state index >= 15 is 0 Å². The SMILES string of the molecule is Cn1c(CNC(=O)Cc2ccccc2F)nc2ccccc21. The van der Waals surface area contributed by atoms with Gasteiger partial charge in [0, 0.05) is 7.05 Å². The fourth-order valence-corrected chi connectivity index (χ4v) is 2.41. The van der Waals surface area contributed by atoms with Gasteiger partial charge >= 0.3 is 0 Å². The minimum absolute atomic E-state index is 0.0244. The van der Waals surface area contributed by atoms with E-state index in [4.69, 9.17) is 0 Å². The monoisotopic (exact) mass is 297 g/mol. The van der Waals surface area contributed by atoms with Gasteiger partial charge in [0.15, 0.2) is 0 Å². The lowest BCUT2D eigenvalue weighted by molar-refractivity contribution is -0.120. The number of aromatic nitrogens is 2. The number of aryl methyl sites for hydroxylation is 1. The van der Waals surface area contributed by atoms with E-state index in [1.54, 1.807) is 18.2 Å². The normalized spacial score (nSPS) is 10.8. The second kappa shape index (κ2) is 5.97. The minimum atomic E-state index is -0.361. The Kier molecular flexibility index (Phi) is 3.87. The summed E-state index contributed by atoms with van der Waals surface area (Å²) in [6.07, 6.45) is 0.0244. The van der Waals surface area contributed by atoms with Crippen LogP contribution in [0.1, 0.15) is 11.4 Å². The van der Waals surface area contributed by atoms with E-state index in [1.165, 1.54) is 6.07 Å². The molecule has 112 valence electrons. The van der Waals surface area contributed by atoms with Crippen molar-refractivity contribution >= 4 is 16.9 Å². The third-order valence-corrected chi connectivity index (χ3v) is 3.63. The van der Waals surface area contributed by atoms with Gasteiger partial charge in [0.05, 0.1) is 24.0 Å². The van der Waals surface area contributed by atoms with Gasteiger partial charge in [-0.1, -0.05) is 30.3 Å². The molecule has 0 spiro atoms. The van der Waals surface area contributed by atoms with Crippen molar-refractivity contribution < 1.29 is 9.18 Å². The molecule has 0 atom stereocenters. The van der Waals surface area contributed by atoms with Crippen molar-refractivity contribution in [1.82, 2.24) is 14.9 Å². The summed E-state index contributed by atoms with van der Waals surface area (Å²) >= 11 is 0. The van der Waals surface area contributed by atoms with Crippen molar-refractivity contribution in [2.24, 2.45) is 7.05 Å². The van der Waals surface area contributed by atoms with Crippen LogP contribution >= 0.6 is 0 Å². The predicted molar refractivity (Wildman–Crippen MR) is 82.7 cm³/mol. The zero-order chi connectivity index (χ0) is 15.5. The summed E-state index contributed by atoms with van der Waals surface area (Å²) < 4.78 is 15.5. The Morgan fingerprint density at radius 2 is 1.91 bits per heavy atom. The van der Waals surface area contributed by atoms with Gasteiger partial charge in [0.1, 0.15) is 11.6 Å². The molecular formula is C17H16FN3O. The number of nitrogens with zero attached hydrogens (tertiary/aromatic N) is 2. The number of halogens is 1. The van der Waals surface area contributed by atoms with E-state index in [9.17, 15) is 9.18 Å². The molecule has 2 aromatic carbocycles. The Hall–Kier alpha value is -2.69. The van der Waals surface area contributed by atoms with Crippen molar-refractivity contribution in [2.45, 2.75) is 13.0 Å². The minimum Gasteiger partial charge on any atom is -0.349 e. The molecule has 0 aliphatic heterocycles. The maximum absolute atomic E-state index is 13.5. The topological polar surface area (TPSA) is 46.9 Å². The molecule has 0 unspecified atom stereocenters. The maximum Gasteiger partial charge on any atom is 0.224 e. The molecule has 1 heterocycles. The van der Waals surface area contributed by atoms with Gasteiger partial charge in [0.25, 0.3) is 0 Å². The molecule has 0 saturated carbocycles. The van der Waals surface area contributed by atoms with Crippen molar-refractivity contribution in [3.8, 4) is 0 Å². The fraction of sp³-hybridized carbons (Fsp3) is 0.176. The zero-order valence-electron chi connectivity index (χ0n) is 12.2. The van der Waals surface area contributed by atoms with Gasteiger partial charge in [-0.25, -0.2) is 9.37 Å². The van der Waals surface area contributed by atoms with Crippen LogP contribution in [-0.4, -0.2) is 15.5 Å². The second-order valence-electron chi connectivity index (χ2n) is 5.12. The van der Waals surface area contributed by atoms with Crippen LogP contribution in [0, 0.1) is 5.82 Å². The zero-order valence-corrected chi connectivity index (χ0v) is 12.2. The molecule has 0 aliphatic rings. The highest BCUT2D eigenvalue weighted by Gasteiger charge is 2.10. The van der Waals surface area contributed by atoms with Gasteiger partial charge in [-0.2, -0.15) is 0 Å². The summed E-state index contributed by atoms with van der Waals surface area (Å²) in [4.78, 5) is 16.4. The van der Waals surface area contributed by atoms with Crippen molar-refractivity contribution in [3.63, 3.8) is 0 Å². The van der Waals surface area contributed by atoms with E-state index in [0.29, 0.717) is 12.1 Å². The molecule has 22 heavy (non-hydrogen) atoms. The number of carbonyl (C=O) groups is 1. The summed E-state index contributed by atoms with van der Waals surface area (Å²) in [5, 5.41) is 2.79. The fourth-order valence-electron chi connectivity index (χ4n) is 2.41. The first kappa shape index (κ1) is 14.3. The van der Waals surface area contributed by atoms with E-state index < -0.39 is 0 Å². The summed E-state index contributed by atoms with van der Waals surface area (Å²) in [6, 6.07) is 14.1. The highest BCUT2D eigenvalue weighted by molar-refractivity contribution is 5.79. The van der Waals surface area contributed by atoms with Crippen LogP contribution < -0.4 is 5.32 Å². The quantitative estimate of drug-likeness (QED) is 0.804. The summed E-state index contributed by atoms with van der Waals surface area (Å²) in [7, 11) is 1.91. The molecule has 5 heteroatoms. The van der Waals surface area contributed by atoms with Crippen LogP contribution in [0.2, 0.25) is 0 Å². The second-order valence-corrected chi connectivity index (χ2v) is 5.12. The molecule has 0 aliphatic carbocycles. The van der Waals surface area contributed by atoms with Gasteiger partial charge < -0.3 is 9.88 Å². The van der Waals surface area contributed by atoms with Crippen LogP contribution in [0.5, 0.6) is 0 Å². The summed E-state index contributed by atoms with van der Waals surface area (Å²) in [5.74, 6) is 0.181. The van der Waals surface area contributed by atoms with Crippen LogP contribution in [-0.2, 0) is 24.8 Å². The van der Waals surface area contributed by atoms with Crippen LogP contribution in [0.15, 0.2) is 48.5 Å². The Morgan fingerprint density at radius 1 is 1.18 bits per heavy atom. The largest absolute Gasteiger partial charge is 0.349 e. The molecule has 1 N–H and O–H groups in total. The van der Waals surface area contributed by atoms with Crippen molar-refractivity contribution in [3.05, 3.63) is 65.7 Å². The lowest BCUT2D eigenvalue weighted by atomic mass is 10.1. The van der Waals surface area contributed by atoms with E-state index in [2.05, 4.69) is 10.3 Å². The molecule has 1 aromatic heterocycles. The van der Waals surface area contributed by atoms with Crippen LogP contribution in [0.4, 0.5) is 4.39 Å². The number of fused-ring (bicyclic) bond motifs is 1. The number of hydrogen-bond donors (Lipinski definition) is 1. The Bertz CT molecular complexity index is 826. The smallest absolute Gasteiger partial charge is 0.224 e. The first-order valence-electron chi connectivity index (χ1n) is 7.05. The maximum atomic E-state index is 13.5. The van der Waals surface area contributed by atoms with E-state index in [-0.39, 0.29) is 18.1 Å². The Morgan fingerprint density at radius 3 is 2.68 bits per heavy atom. The number of nitrogens with one attached hydrogen (secondary N) is 1. The summed E-state index contributed by atoms with van der Waals surface area (Å²) in [6.45, 7) is 0.318. The molecule has 3 aromatic rings. The number of hydrogen-bond acceptors (Lipinski definition) is 2. The number of rotatable bonds is 4. The number of carbonyl (C=O) groups excluding carboxylic acids is 1. The van der Waals surface area contributed by atoms with Crippen LogP contribution in [0.25, 0.3) is 11.0 Å². The van der Waals surface area contributed by atoms with E-state index in [1.807, 2.05) is 35.9 Å². The van der Waals surface area contributed by atoms with Crippen molar-refractivity contribution in [1.29, 1.82) is 0 Å². The van der Waals surface area contributed by atoms with Gasteiger partial charge in [0.2, 0.25) is 5.91 Å².